The van der Waals surface area contributed by atoms with Crippen LogP contribution in [0.3, 0.4) is 0 Å². The number of benzene rings is 4. The number of fused-ring (bicyclic) bond motifs is 1. The van der Waals surface area contributed by atoms with E-state index >= 15 is 0 Å². The molecule has 1 aromatic heterocycles. The van der Waals surface area contributed by atoms with Crippen molar-refractivity contribution in [1.29, 1.82) is 0 Å². The SMILES string of the molecule is O=c1[nH]n(-c2cccc(N(c3ccccc3)c3ccccc3)c2)c2ccccc12. The van der Waals surface area contributed by atoms with Crippen molar-refractivity contribution >= 4 is 28.0 Å². The molecule has 0 atom stereocenters. The van der Waals surface area contributed by atoms with E-state index in [0.29, 0.717) is 5.39 Å². The molecule has 5 aromatic rings. The Morgan fingerprint density at radius 1 is 0.621 bits per heavy atom. The zero-order valence-electron chi connectivity index (χ0n) is 15.7. The van der Waals surface area contributed by atoms with E-state index in [2.05, 4.69) is 46.4 Å². The zero-order valence-corrected chi connectivity index (χ0v) is 15.7. The van der Waals surface area contributed by atoms with E-state index in [9.17, 15) is 4.79 Å². The predicted octanol–water partition coefficient (Wildman–Crippen LogP) is 5.79. The highest BCUT2D eigenvalue weighted by atomic mass is 16.1. The van der Waals surface area contributed by atoms with Gasteiger partial charge in [-0.25, -0.2) is 0 Å². The lowest BCUT2D eigenvalue weighted by Gasteiger charge is -2.25. The minimum atomic E-state index is -0.0889. The molecule has 4 heteroatoms. The summed E-state index contributed by atoms with van der Waals surface area (Å²) >= 11 is 0. The molecule has 0 fully saturated rings. The molecule has 1 heterocycles. The van der Waals surface area contributed by atoms with Crippen LogP contribution in [0.1, 0.15) is 0 Å². The Labute approximate surface area is 168 Å². The first-order chi connectivity index (χ1) is 14.3. The van der Waals surface area contributed by atoms with Gasteiger partial charge in [0.1, 0.15) is 0 Å². The number of para-hydroxylation sites is 3. The van der Waals surface area contributed by atoms with Gasteiger partial charge in [0, 0.05) is 17.1 Å². The number of hydrogen-bond acceptors (Lipinski definition) is 2. The van der Waals surface area contributed by atoms with Gasteiger partial charge in [0.25, 0.3) is 5.56 Å². The number of rotatable bonds is 4. The molecule has 0 bridgehead atoms. The van der Waals surface area contributed by atoms with Crippen LogP contribution in [0.4, 0.5) is 17.1 Å². The van der Waals surface area contributed by atoms with E-state index in [1.165, 1.54) is 0 Å². The van der Waals surface area contributed by atoms with Gasteiger partial charge in [-0.1, -0.05) is 54.6 Å². The molecular formula is C25H19N3O. The Balaban J connectivity index is 1.68. The minimum absolute atomic E-state index is 0.0889. The highest BCUT2D eigenvalue weighted by Gasteiger charge is 2.14. The lowest BCUT2D eigenvalue weighted by atomic mass is 10.2. The van der Waals surface area contributed by atoms with Gasteiger partial charge in [0.05, 0.1) is 16.6 Å². The Morgan fingerprint density at radius 2 is 1.21 bits per heavy atom. The van der Waals surface area contributed by atoms with Crippen LogP contribution in [0.25, 0.3) is 16.6 Å². The van der Waals surface area contributed by atoms with Gasteiger partial charge in [-0.3, -0.25) is 14.6 Å². The van der Waals surface area contributed by atoms with Crippen molar-refractivity contribution in [2.75, 3.05) is 4.90 Å². The summed E-state index contributed by atoms with van der Waals surface area (Å²) in [5.41, 5.74) is 4.83. The number of nitrogens with one attached hydrogen (secondary N) is 1. The maximum absolute atomic E-state index is 12.3. The predicted molar refractivity (Wildman–Crippen MR) is 119 cm³/mol. The van der Waals surface area contributed by atoms with E-state index in [4.69, 9.17) is 0 Å². The second kappa shape index (κ2) is 7.17. The Kier molecular flexibility index (Phi) is 4.22. The molecule has 5 rings (SSSR count). The molecule has 0 saturated heterocycles. The first-order valence-electron chi connectivity index (χ1n) is 9.52. The molecule has 0 radical (unpaired) electrons. The average Bonchev–Trinajstić information content (AvgIpc) is 3.13. The number of nitrogens with zero attached hydrogens (tertiary/aromatic N) is 2. The lowest BCUT2D eigenvalue weighted by Crippen LogP contribution is -2.10. The molecule has 0 saturated carbocycles. The van der Waals surface area contributed by atoms with Crippen LogP contribution in [-0.4, -0.2) is 9.78 Å². The highest BCUT2D eigenvalue weighted by Crippen LogP contribution is 2.35. The molecule has 0 aliphatic heterocycles. The summed E-state index contributed by atoms with van der Waals surface area (Å²) in [4.78, 5) is 14.5. The molecule has 4 aromatic carbocycles. The fourth-order valence-corrected chi connectivity index (χ4v) is 3.66. The van der Waals surface area contributed by atoms with Crippen molar-refractivity contribution in [2.24, 2.45) is 0 Å². The molecule has 140 valence electrons. The third-order valence-electron chi connectivity index (χ3n) is 4.98. The van der Waals surface area contributed by atoms with E-state index < -0.39 is 0 Å². The van der Waals surface area contributed by atoms with E-state index in [1.54, 1.807) is 0 Å². The molecule has 0 spiro atoms. The first-order valence-corrected chi connectivity index (χ1v) is 9.52. The number of aromatic nitrogens is 2. The highest BCUT2D eigenvalue weighted by molar-refractivity contribution is 5.81. The summed E-state index contributed by atoms with van der Waals surface area (Å²) in [6.07, 6.45) is 0. The van der Waals surface area contributed by atoms with Gasteiger partial charge >= 0.3 is 0 Å². The summed E-state index contributed by atoms with van der Waals surface area (Å²) in [5, 5.41) is 3.64. The van der Waals surface area contributed by atoms with Gasteiger partial charge in [-0.05, 0) is 54.6 Å². The summed E-state index contributed by atoms with van der Waals surface area (Å²) in [6, 6.07) is 36.3. The molecular weight excluding hydrogens is 358 g/mol. The Bertz CT molecular complexity index is 1280. The maximum Gasteiger partial charge on any atom is 0.272 e. The van der Waals surface area contributed by atoms with Crippen molar-refractivity contribution < 1.29 is 0 Å². The molecule has 4 nitrogen and oxygen atoms in total. The summed E-state index contributed by atoms with van der Waals surface area (Å²) in [5.74, 6) is 0. The van der Waals surface area contributed by atoms with E-state index in [1.807, 2.05) is 77.5 Å². The number of aromatic amines is 1. The van der Waals surface area contributed by atoms with Gasteiger partial charge in [0.2, 0.25) is 0 Å². The quantitative estimate of drug-likeness (QED) is 0.431. The first kappa shape index (κ1) is 17.1. The summed E-state index contributed by atoms with van der Waals surface area (Å²) in [6.45, 7) is 0. The van der Waals surface area contributed by atoms with Crippen LogP contribution in [0.2, 0.25) is 0 Å². The second-order valence-corrected chi connectivity index (χ2v) is 6.82. The smallest absolute Gasteiger partial charge is 0.272 e. The Morgan fingerprint density at radius 3 is 1.90 bits per heavy atom. The topological polar surface area (TPSA) is 41.0 Å². The molecule has 0 unspecified atom stereocenters. The fourth-order valence-electron chi connectivity index (χ4n) is 3.66. The van der Waals surface area contributed by atoms with Crippen LogP contribution < -0.4 is 10.5 Å². The molecule has 1 N–H and O–H groups in total. The van der Waals surface area contributed by atoms with Gasteiger partial charge in [0.15, 0.2) is 0 Å². The third-order valence-corrected chi connectivity index (χ3v) is 4.98. The molecule has 29 heavy (non-hydrogen) atoms. The maximum atomic E-state index is 12.3. The van der Waals surface area contributed by atoms with Crippen molar-refractivity contribution in [3.63, 3.8) is 0 Å². The largest absolute Gasteiger partial charge is 0.310 e. The second-order valence-electron chi connectivity index (χ2n) is 6.82. The van der Waals surface area contributed by atoms with Crippen LogP contribution in [0.15, 0.2) is 114 Å². The van der Waals surface area contributed by atoms with Gasteiger partial charge in [-0.2, -0.15) is 0 Å². The summed E-state index contributed by atoms with van der Waals surface area (Å²) < 4.78 is 1.84. The number of H-pyrrole nitrogens is 1. The van der Waals surface area contributed by atoms with Crippen molar-refractivity contribution in [2.45, 2.75) is 0 Å². The standard InChI is InChI=1S/C25H19N3O/c29-25-23-16-7-8-17-24(23)28(26-25)22-15-9-14-21(18-22)27(19-10-3-1-4-11-19)20-12-5-2-6-13-20/h1-18H,(H,26,29). The van der Waals surface area contributed by atoms with Crippen LogP contribution in [-0.2, 0) is 0 Å². The van der Waals surface area contributed by atoms with Crippen molar-refractivity contribution in [3.8, 4) is 5.69 Å². The summed E-state index contributed by atoms with van der Waals surface area (Å²) in [7, 11) is 0. The monoisotopic (exact) mass is 377 g/mol. The van der Waals surface area contributed by atoms with E-state index in [0.717, 1.165) is 28.3 Å². The molecule has 0 amide bonds. The number of anilines is 3. The van der Waals surface area contributed by atoms with Gasteiger partial charge < -0.3 is 4.90 Å². The number of hydrogen-bond donors (Lipinski definition) is 1. The minimum Gasteiger partial charge on any atom is -0.310 e. The normalized spacial score (nSPS) is 10.9. The molecule has 0 aliphatic rings. The van der Waals surface area contributed by atoms with E-state index in [-0.39, 0.29) is 5.56 Å². The van der Waals surface area contributed by atoms with Crippen molar-refractivity contribution in [1.82, 2.24) is 9.78 Å². The zero-order chi connectivity index (χ0) is 19.6. The lowest BCUT2D eigenvalue weighted by molar-refractivity contribution is 0.891. The average molecular weight is 377 g/mol. The third kappa shape index (κ3) is 3.11. The van der Waals surface area contributed by atoms with Crippen LogP contribution in [0, 0.1) is 0 Å². The fraction of sp³-hybridized carbons (Fsp3) is 0. The Hall–Kier alpha value is -4.05. The molecule has 0 aliphatic carbocycles. The van der Waals surface area contributed by atoms with Crippen LogP contribution >= 0.6 is 0 Å². The van der Waals surface area contributed by atoms with Gasteiger partial charge in [-0.15, -0.1) is 0 Å². The van der Waals surface area contributed by atoms with Crippen molar-refractivity contribution in [3.05, 3.63) is 120 Å². The van der Waals surface area contributed by atoms with Crippen LogP contribution in [0.5, 0.6) is 0 Å².